The number of aryl methyl sites for hydroxylation is 1. The largest absolute Gasteiger partial charge is 0.321 e. The summed E-state index contributed by atoms with van der Waals surface area (Å²) < 4.78 is 0. The molecule has 0 spiro atoms. The van der Waals surface area contributed by atoms with E-state index >= 15 is 0 Å². The molecule has 1 heterocycles. The lowest BCUT2D eigenvalue weighted by Gasteiger charge is -2.08. The van der Waals surface area contributed by atoms with Crippen molar-refractivity contribution in [2.24, 2.45) is 5.73 Å². The Balaban J connectivity index is 2.45. The average molecular weight is 228 g/mol. The van der Waals surface area contributed by atoms with Gasteiger partial charge in [-0.15, -0.1) is 0 Å². The number of pyridine rings is 1. The lowest BCUT2D eigenvalue weighted by atomic mass is 10.0. The molecule has 1 aromatic heterocycles. The van der Waals surface area contributed by atoms with E-state index < -0.39 is 6.04 Å². The third kappa shape index (κ3) is 2.34. The molecule has 2 N–H and O–H groups in total. The van der Waals surface area contributed by atoms with E-state index in [9.17, 15) is 4.79 Å². The number of benzene rings is 1. The zero-order valence-electron chi connectivity index (χ0n) is 10.1. The maximum Gasteiger partial charge on any atom is 0.179 e. The van der Waals surface area contributed by atoms with Crippen molar-refractivity contribution >= 4 is 16.7 Å². The van der Waals surface area contributed by atoms with Crippen LogP contribution in [0.25, 0.3) is 10.9 Å². The van der Waals surface area contributed by atoms with Gasteiger partial charge in [0.05, 0.1) is 11.6 Å². The fourth-order valence-electron chi connectivity index (χ4n) is 1.78. The minimum Gasteiger partial charge on any atom is -0.321 e. The Bertz CT molecular complexity index is 563. The highest BCUT2D eigenvalue weighted by molar-refractivity contribution is 6.02. The third-order valence-electron chi connectivity index (χ3n) is 2.89. The predicted octanol–water partition coefficient (Wildman–Crippen LogP) is 2.46. The van der Waals surface area contributed by atoms with Crippen molar-refractivity contribution < 1.29 is 4.79 Å². The first-order chi connectivity index (χ1) is 8.11. The average Bonchev–Trinajstić information content (AvgIpc) is 2.36. The molecule has 3 heteroatoms. The Morgan fingerprint density at radius 2 is 2.12 bits per heavy atom. The number of nitrogens with zero attached hydrogens (tertiary/aromatic N) is 1. The quantitative estimate of drug-likeness (QED) is 0.821. The fraction of sp³-hybridized carbons (Fsp3) is 0.286. The van der Waals surface area contributed by atoms with Crippen LogP contribution in [0.2, 0.25) is 0 Å². The van der Waals surface area contributed by atoms with Crippen LogP contribution in [0.3, 0.4) is 0 Å². The first-order valence-electron chi connectivity index (χ1n) is 5.79. The molecular weight excluding hydrogens is 212 g/mol. The highest BCUT2D eigenvalue weighted by Crippen LogP contribution is 2.16. The van der Waals surface area contributed by atoms with E-state index in [-0.39, 0.29) is 5.78 Å². The number of carbonyl (C=O) groups is 1. The molecule has 17 heavy (non-hydrogen) atoms. The summed E-state index contributed by atoms with van der Waals surface area (Å²) in [6, 6.07) is 9.04. The highest BCUT2D eigenvalue weighted by atomic mass is 16.1. The van der Waals surface area contributed by atoms with Gasteiger partial charge in [0.25, 0.3) is 0 Å². The summed E-state index contributed by atoms with van der Waals surface area (Å²) in [5.74, 6) is -0.00465. The lowest BCUT2D eigenvalue weighted by molar-refractivity contribution is 0.0959. The number of fused-ring (bicyclic) bond motifs is 1. The standard InChI is InChI=1S/C14H16N2O/c1-3-12(15)14(17)11-6-7-13-10(8-11)5-4-9(2)16-13/h4-8,12H,3,15H2,1-2H3. The fourth-order valence-corrected chi connectivity index (χ4v) is 1.78. The Morgan fingerprint density at radius 1 is 1.35 bits per heavy atom. The van der Waals surface area contributed by atoms with Gasteiger partial charge in [0.15, 0.2) is 5.78 Å². The third-order valence-corrected chi connectivity index (χ3v) is 2.89. The number of hydrogen-bond acceptors (Lipinski definition) is 3. The van der Waals surface area contributed by atoms with E-state index in [1.807, 2.05) is 38.1 Å². The number of aromatic nitrogens is 1. The SMILES string of the molecule is CCC(N)C(=O)c1ccc2nc(C)ccc2c1. The van der Waals surface area contributed by atoms with Gasteiger partial charge in [0.2, 0.25) is 0 Å². The molecule has 1 unspecified atom stereocenters. The second kappa shape index (κ2) is 4.63. The molecule has 0 aliphatic carbocycles. The smallest absolute Gasteiger partial charge is 0.179 e. The molecule has 0 fully saturated rings. The Labute approximate surface area is 101 Å². The van der Waals surface area contributed by atoms with E-state index in [0.717, 1.165) is 16.6 Å². The number of hydrogen-bond donors (Lipinski definition) is 1. The summed E-state index contributed by atoms with van der Waals surface area (Å²) in [6.07, 6.45) is 0.656. The number of nitrogens with two attached hydrogens (primary N) is 1. The predicted molar refractivity (Wildman–Crippen MR) is 69.1 cm³/mol. The van der Waals surface area contributed by atoms with Gasteiger partial charge in [-0.2, -0.15) is 0 Å². The van der Waals surface area contributed by atoms with Crippen molar-refractivity contribution in [3.8, 4) is 0 Å². The van der Waals surface area contributed by atoms with Crippen molar-refractivity contribution in [3.63, 3.8) is 0 Å². The van der Waals surface area contributed by atoms with Gasteiger partial charge in [-0.3, -0.25) is 9.78 Å². The molecule has 0 aliphatic heterocycles. The second-order valence-corrected chi connectivity index (χ2v) is 4.24. The topological polar surface area (TPSA) is 56.0 Å². The van der Waals surface area contributed by atoms with Crippen LogP contribution in [0.4, 0.5) is 0 Å². The van der Waals surface area contributed by atoms with Gasteiger partial charge >= 0.3 is 0 Å². The monoisotopic (exact) mass is 228 g/mol. The van der Waals surface area contributed by atoms with Crippen LogP contribution in [-0.4, -0.2) is 16.8 Å². The summed E-state index contributed by atoms with van der Waals surface area (Å²) in [6.45, 7) is 3.86. The molecule has 3 nitrogen and oxygen atoms in total. The number of rotatable bonds is 3. The van der Waals surface area contributed by atoms with E-state index in [0.29, 0.717) is 12.0 Å². The first kappa shape index (κ1) is 11.7. The minimum atomic E-state index is -0.411. The summed E-state index contributed by atoms with van der Waals surface area (Å²) in [5.41, 5.74) is 8.30. The van der Waals surface area contributed by atoms with Crippen LogP contribution in [0.5, 0.6) is 0 Å². The summed E-state index contributed by atoms with van der Waals surface area (Å²) >= 11 is 0. The zero-order valence-corrected chi connectivity index (χ0v) is 10.1. The van der Waals surface area contributed by atoms with Gasteiger partial charge in [-0.25, -0.2) is 0 Å². The Hall–Kier alpha value is -1.74. The van der Waals surface area contributed by atoms with Crippen molar-refractivity contribution in [2.45, 2.75) is 26.3 Å². The molecular formula is C14H16N2O. The van der Waals surface area contributed by atoms with Gasteiger partial charge in [-0.05, 0) is 37.6 Å². The van der Waals surface area contributed by atoms with Crippen molar-refractivity contribution in [1.82, 2.24) is 4.98 Å². The van der Waals surface area contributed by atoms with Crippen LogP contribution < -0.4 is 5.73 Å². The van der Waals surface area contributed by atoms with Gasteiger partial charge in [0, 0.05) is 16.6 Å². The van der Waals surface area contributed by atoms with E-state index in [1.54, 1.807) is 6.07 Å². The normalized spacial score (nSPS) is 12.6. The molecule has 0 saturated heterocycles. The van der Waals surface area contributed by atoms with E-state index in [1.165, 1.54) is 0 Å². The summed E-state index contributed by atoms with van der Waals surface area (Å²) in [4.78, 5) is 16.3. The molecule has 0 bridgehead atoms. The number of ketones is 1. The molecule has 0 amide bonds. The van der Waals surface area contributed by atoms with Crippen molar-refractivity contribution in [2.75, 3.05) is 0 Å². The van der Waals surface area contributed by atoms with E-state index in [2.05, 4.69) is 4.98 Å². The van der Waals surface area contributed by atoms with Crippen LogP contribution >= 0.6 is 0 Å². The molecule has 1 atom stereocenters. The zero-order chi connectivity index (χ0) is 12.4. The Morgan fingerprint density at radius 3 is 2.82 bits per heavy atom. The molecule has 0 aliphatic rings. The molecule has 88 valence electrons. The number of carbonyl (C=O) groups excluding carboxylic acids is 1. The molecule has 1 aromatic carbocycles. The Kier molecular flexibility index (Phi) is 3.20. The van der Waals surface area contributed by atoms with Crippen LogP contribution in [0.15, 0.2) is 30.3 Å². The van der Waals surface area contributed by atoms with Crippen LogP contribution in [0, 0.1) is 6.92 Å². The summed E-state index contributed by atoms with van der Waals surface area (Å²) in [7, 11) is 0. The lowest BCUT2D eigenvalue weighted by Crippen LogP contribution is -2.29. The number of Topliss-reactive ketones (excluding diaryl/α,β-unsaturated/α-hetero) is 1. The highest BCUT2D eigenvalue weighted by Gasteiger charge is 2.13. The molecule has 0 saturated carbocycles. The van der Waals surface area contributed by atoms with Gasteiger partial charge < -0.3 is 5.73 Å². The van der Waals surface area contributed by atoms with Crippen molar-refractivity contribution in [1.29, 1.82) is 0 Å². The van der Waals surface area contributed by atoms with Crippen LogP contribution in [0.1, 0.15) is 29.4 Å². The van der Waals surface area contributed by atoms with E-state index in [4.69, 9.17) is 5.73 Å². The second-order valence-electron chi connectivity index (χ2n) is 4.24. The minimum absolute atomic E-state index is 0.00465. The van der Waals surface area contributed by atoms with Gasteiger partial charge in [-0.1, -0.05) is 13.0 Å². The summed E-state index contributed by atoms with van der Waals surface area (Å²) in [5, 5.41) is 0.977. The first-order valence-corrected chi connectivity index (χ1v) is 5.79. The van der Waals surface area contributed by atoms with Crippen molar-refractivity contribution in [3.05, 3.63) is 41.6 Å². The molecule has 2 aromatic rings. The maximum atomic E-state index is 11.9. The maximum absolute atomic E-state index is 11.9. The van der Waals surface area contributed by atoms with Crippen LogP contribution in [-0.2, 0) is 0 Å². The molecule has 0 radical (unpaired) electrons. The van der Waals surface area contributed by atoms with Gasteiger partial charge in [0.1, 0.15) is 0 Å². The molecule has 2 rings (SSSR count).